The van der Waals surface area contributed by atoms with E-state index >= 15 is 0 Å². The lowest BCUT2D eigenvalue weighted by Crippen LogP contribution is -2.08. The van der Waals surface area contributed by atoms with Crippen LogP contribution in [0.5, 0.6) is 0 Å². The van der Waals surface area contributed by atoms with Gasteiger partial charge >= 0.3 is 0 Å². The van der Waals surface area contributed by atoms with Crippen LogP contribution < -0.4 is 5.56 Å². The normalized spacial score (nSPS) is 10.7. The van der Waals surface area contributed by atoms with Crippen LogP contribution in [0.25, 0.3) is 10.9 Å². The Bertz CT molecular complexity index is 614. The highest BCUT2D eigenvalue weighted by Gasteiger charge is 2.05. The maximum absolute atomic E-state index is 11.5. The second-order valence-corrected chi connectivity index (χ2v) is 3.84. The molecular formula is C9H7ClN2OS. The third-order valence-electron chi connectivity index (χ3n) is 2.06. The second-order valence-electron chi connectivity index (χ2n) is 3.02. The lowest BCUT2D eigenvalue weighted by molar-refractivity contribution is 1.13. The highest BCUT2D eigenvalue weighted by atomic mass is 35.5. The molecule has 2 rings (SSSR count). The summed E-state index contributed by atoms with van der Waals surface area (Å²) in [6, 6.07) is 3.54. The monoisotopic (exact) mass is 226 g/mol. The smallest absolute Gasteiger partial charge is 0.261 e. The largest absolute Gasteiger partial charge is 0.331 e. The molecule has 0 fully saturated rings. The summed E-state index contributed by atoms with van der Waals surface area (Å²) in [6.07, 6.45) is 0. The van der Waals surface area contributed by atoms with Gasteiger partial charge < -0.3 is 4.98 Å². The van der Waals surface area contributed by atoms with E-state index in [0.717, 1.165) is 5.56 Å². The fourth-order valence-electron chi connectivity index (χ4n) is 1.37. The minimum Gasteiger partial charge on any atom is -0.331 e. The molecule has 1 aromatic carbocycles. The zero-order valence-corrected chi connectivity index (χ0v) is 8.92. The van der Waals surface area contributed by atoms with Gasteiger partial charge in [-0.3, -0.25) is 9.78 Å². The topological polar surface area (TPSA) is 48.6 Å². The van der Waals surface area contributed by atoms with Crippen LogP contribution in [0.4, 0.5) is 0 Å². The van der Waals surface area contributed by atoms with Crippen molar-refractivity contribution in [2.45, 2.75) is 6.92 Å². The number of aromatic nitrogens is 2. The Labute approximate surface area is 89.7 Å². The summed E-state index contributed by atoms with van der Waals surface area (Å²) in [4.78, 5) is 17.0. The van der Waals surface area contributed by atoms with Gasteiger partial charge in [-0.15, -0.1) is 0 Å². The average Bonchev–Trinajstić information content (AvgIpc) is 2.10. The molecule has 0 aliphatic rings. The number of hydrogen-bond donors (Lipinski definition) is 2. The molecule has 0 atom stereocenters. The predicted octanol–water partition coefficient (Wildman–Crippen LogP) is 2.55. The first-order chi connectivity index (χ1) is 6.59. The lowest BCUT2D eigenvalue weighted by Gasteiger charge is -2.02. The molecule has 0 radical (unpaired) electrons. The average molecular weight is 227 g/mol. The van der Waals surface area contributed by atoms with Crippen molar-refractivity contribution in [2.75, 3.05) is 0 Å². The van der Waals surface area contributed by atoms with E-state index in [0.29, 0.717) is 20.7 Å². The van der Waals surface area contributed by atoms with Crippen LogP contribution in [0.2, 0.25) is 5.02 Å². The highest BCUT2D eigenvalue weighted by Crippen LogP contribution is 2.20. The molecule has 72 valence electrons. The number of fused-ring (bicyclic) bond motifs is 1. The van der Waals surface area contributed by atoms with Gasteiger partial charge in [0.1, 0.15) is 0 Å². The summed E-state index contributed by atoms with van der Waals surface area (Å²) in [5.74, 6) is 0. The second kappa shape index (κ2) is 3.22. The van der Waals surface area contributed by atoms with Crippen molar-refractivity contribution in [1.82, 2.24) is 9.97 Å². The van der Waals surface area contributed by atoms with Gasteiger partial charge in [0.15, 0.2) is 4.77 Å². The number of benzene rings is 1. The van der Waals surface area contributed by atoms with Gasteiger partial charge in [-0.1, -0.05) is 17.7 Å². The van der Waals surface area contributed by atoms with Crippen LogP contribution in [0, 0.1) is 11.7 Å². The first kappa shape index (κ1) is 9.43. The summed E-state index contributed by atoms with van der Waals surface area (Å²) in [5.41, 5.74) is 1.39. The molecule has 2 N–H and O–H groups in total. The van der Waals surface area contributed by atoms with E-state index in [2.05, 4.69) is 9.97 Å². The molecule has 0 bridgehead atoms. The minimum absolute atomic E-state index is 0.252. The fourth-order valence-corrected chi connectivity index (χ4v) is 1.81. The van der Waals surface area contributed by atoms with Gasteiger partial charge in [0.05, 0.1) is 15.9 Å². The number of nitrogens with one attached hydrogen (secondary N) is 2. The molecule has 3 nitrogen and oxygen atoms in total. The van der Waals surface area contributed by atoms with Crippen molar-refractivity contribution < 1.29 is 0 Å². The van der Waals surface area contributed by atoms with Crippen LogP contribution in [0.3, 0.4) is 0 Å². The zero-order chi connectivity index (χ0) is 10.3. The lowest BCUT2D eigenvalue weighted by atomic mass is 10.1. The zero-order valence-electron chi connectivity index (χ0n) is 7.35. The maximum atomic E-state index is 11.5. The SMILES string of the molecule is Cc1ccc(Cl)c2c(=O)[nH]c(=S)[nH]c12. The molecule has 5 heteroatoms. The molecule has 1 heterocycles. The molecule has 0 aliphatic heterocycles. The van der Waals surface area contributed by atoms with Crippen molar-refractivity contribution in [3.8, 4) is 0 Å². The third kappa shape index (κ3) is 1.36. The quantitative estimate of drug-likeness (QED) is 0.679. The molecular weight excluding hydrogens is 220 g/mol. The predicted molar refractivity (Wildman–Crippen MR) is 59.5 cm³/mol. The summed E-state index contributed by atoms with van der Waals surface area (Å²) in [6.45, 7) is 1.89. The van der Waals surface area contributed by atoms with Crippen LogP contribution in [0.1, 0.15) is 5.56 Å². The molecule has 0 saturated carbocycles. The first-order valence-corrected chi connectivity index (χ1v) is 4.79. The van der Waals surface area contributed by atoms with Gasteiger partial charge in [0, 0.05) is 0 Å². The van der Waals surface area contributed by atoms with E-state index in [1.807, 2.05) is 13.0 Å². The Morgan fingerprint density at radius 3 is 2.79 bits per heavy atom. The van der Waals surface area contributed by atoms with Crippen LogP contribution in [0.15, 0.2) is 16.9 Å². The van der Waals surface area contributed by atoms with Gasteiger partial charge in [-0.2, -0.15) is 0 Å². The van der Waals surface area contributed by atoms with Crippen LogP contribution >= 0.6 is 23.8 Å². The van der Waals surface area contributed by atoms with Crippen molar-refractivity contribution in [3.05, 3.63) is 37.8 Å². The Kier molecular flexibility index (Phi) is 2.17. The van der Waals surface area contributed by atoms with Gasteiger partial charge in [-0.25, -0.2) is 0 Å². The number of aromatic amines is 2. The van der Waals surface area contributed by atoms with Crippen molar-refractivity contribution in [2.24, 2.45) is 0 Å². The van der Waals surface area contributed by atoms with Crippen LogP contribution in [-0.2, 0) is 0 Å². The van der Waals surface area contributed by atoms with Crippen molar-refractivity contribution >= 4 is 34.7 Å². The molecule has 0 saturated heterocycles. The summed E-state index contributed by atoms with van der Waals surface area (Å²) < 4.78 is 0.313. The molecule has 2 aromatic rings. The van der Waals surface area contributed by atoms with E-state index in [-0.39, 0.29) is 5.56 Å². The standard InChI is InChI=1S/C9H7ClN2OS/c1-4-2-3-5(10)6-7(4)11-9(14)12-8(6)13/h2-3H,1H3,(H2,11,12,13,14). The Morgan fingerprint density at radius 2 is 2.07 bits per heavy atom. The summed E-state index contributed by atoms with van der Waals surface area (Å²) in [7, 11) is 0. The number of aryl methyl sites for hydroxylation is 1. The molecule has 0 aliphatic carbocycles. The molecule has 0 spiro atoms. The van der Waals surface area contributed by atoms with E-state index in [1.54, 1.807) is 6.07 Å². The Morgan fingerprint density at radius 1 is 1.36 bits per heavy atom. The number of halogens is 1. The highest BCUT2D eigenvalue weighted by molar-refractivity contribution is 7.71. The fraction of sp³-hybridized carbons (Fsp3) is 0.111. The third-order valence-corrected chi connectivity index (χ3v) is 2.57. The van der Waals surface area contributed by atoms with E-state index in [9.17, 15) is 4.79 Å². The minimum atomic E-state index is -0.252. The van der Waals surface area contributed by atoms with E-state index < -0.39 is 0 Å². The number of H-pyrrole nitrogens is 2. The van der Waals surface area contributed by atoms with Gasteiger partial charge in [0.2, 0.25) is 0 Å². The van der Waals surface area contributed by atoms with Crippen LogP contribution in [-0.4, -0.2) is 9.97 Å². The van der Waals surface area contributed by atoms with E-state index in [1.165, 1.54) is 0 Å². The van der Waals surface area contributed by atoms with E-state index in [4.69, 9.17) is 23.8 Å². The summed E-state index contributed by atoms with van der Waals surface area (Å²) in [5, 5.41) is 0.887. The first-order valence-electron chi connectivity index (χ1n) is 4.01. The number of rotatable bonds is 0. The Hall–Kier alpha value is -1.13. The molecule has 14 heavy (non-hydrogen) atoms. The summed E-state index contributed by atoms with van der Waals surface area (Å²) >= 11 is 10.8. The molecule has 0 unspecified atom stereocenters. The van der Waals surface area contributed by atoms with Crippen molar-refractivity contribution in [1.29, 1.82) is 0 Å². The van der Waals surface area contributed by atoms with Gasteiger partial charge in [0.25, 0.3) is 5.56 Å². The molecule has 0 amide bonds. The Balaban J connectivity index is 3.16. The van der Waals surface area contributed by atoms with Crippen molar-refractivity contribution in [3.63, 3.8) is 0 Å². The van der Waals surface area contributed by atoms with Gasteiger partial charge in [-0.05, 0) is 30.8 Å². The molecule has 1 aromatic heterocycles. The maximum Gasteiger partial charge on any atom is 0.261 e. The number of hydrogen-bond acceptors (Lipinski definition) is 2.